The van der Waals surface area contributed by atoms with E-state index in [-0.39, 0.29) is 5.82 Å². The van der Waals surface area contributed by atoms with Gasteiger partial charge in [-0.2, -0.15) is 0 Å². The lowest BCUT2D eigenvalue weighted by Gasteiger charge is -2.01. The molecule has 1 aromatic carbocycles. The van der Waals surface area contributed by atoms with E-state index in [0.717, 1.165) is 18.4 Å². The zero-order valence-electron chi connectivity index (χ0n) is 5.98. The number of fused-ring (bicyclic) bond motifs is 1. The Hall–Kier alpha value is -0.370. The van der Waals surface area contributed by atoms with Crippen molar-refractivity contribution in [2.45, 2.75) is 17.7 Å². The first-order chi connectivity index (χ1) is 5.27. The molecule has 1 unspecified atom stereocenters. The third-order valence-corrected chi connectivity index (χ3v) is 3.06. The zero-order chi connectivity index (χ0) is 7.84. The number of halogens is 2. The summed E-state index contributed by atoms with van der Waals surface area (Å²) in [6.07, 6.45) is 2.17. The molecular formula is C9H8BrF. The summed E-state index contributed by atoms with van der Waals surface area (Å²) >= 11 is 3.50. The van der Waals surface area contributed by atoms with Crippen molar-refractivity contribution in [2.24, 2.45) is 0 Å². The number of hydrogen-bond donors (Lipinski definition) is 0. The average Bonchev–Trinajstić information content (AvgIpc) is 2.33. The minimum atomic E-state index is -0.130. The Morgan fingerprint density at radius 1 is 1.45 bits per heavy atom. The summed E-state index contributed by atoms with van der Waals surface area (Å²) in [5.74, 6) is -0.130. The molecule has 2 heteroatoms. The largest absolute Gasteiger partial charge is 0.207 e. The van der Waals surface area contributed by atoms with E-state index in [1.807, 2.05) is 6.07 Å². The Kier molecular flexibility index (Phi) is 1.72. The van der Waals surface area contributed by atoms with Crippen molar-refractivity contribution >= 4 is 15.9 Å². The summed E-state index contributed by atoms with van der Waals surface area (Å²) in [5, 5.41) is 0. The molecular weight excluding hydrogens is 207 g/mol. The Morgan fingerprint density at radius 2 is 2.27 bits per heavy atom. The first kappa shape index (κ1) is 7.29. The van der Waals surface area contributed by atoms with Gasteiger partial charge in [-0.15, -0.1) is 0 Å². The number of rotatable bonds is 0. The first-order valence-electron chi connectivity index (χ1n) is 3.70. The van der Waals surface area contributed by atoms with Crippen LogP contribution in [0.4, 0.5) is 4.39 Å². The summed E-state index contributed by atoms with van der Waals surface area (Å²) < 4.78 is 12.7. The summed E-state index contributed by atoms with van der Waals surface area (Å²) in [6, 6.07) is 5.04. The molecule has 1 aliphatic rings. The maximum Gasteiger partial charge on any atom is 0.123 e. The smallest absolute Gasteiger partial charge is 0.123 e. The molecule has 11 heavy (non-hydrogen) atoms. The van der Waals surface area contributed by atoms with Crippen LogP contribution in [0.3, 0.4) is 0 Å². The van der Waals surface area contributed by atoms with E-state index in [0.29, 0.717) is 4.83 Å². The molecule has 0 radical (unpaired) electrons. The van der Waals surface area contributed by atoms with E-state index >= 15 is 0 Å². The van der Waals surface area contributed by atoms with E-state index in [2.05, 4.69) is 15.9 Å². The molecule has 0 aliphatic heterocycles. The Morgan fingerprint density at radius 3 is 3.09 bits per heavy atom. The van der Waals surface area contributed by atoms with Crippen LogP contribution >= 0.6 is 15.9 Å². The average molecular weight is 215 g/mol. The van der Waals surface area contributed by atoms with Crippen molar-refractivity contribution in [1.29, 1.82) is 0 Å². The van der Waals surface area contributed by atoms with Crippen molar-refractivity contribution < 1.29 is 4.39 Å². The molecule has 0 amide bonds. The topological polar surface area (TPSA) is 0 Å². The van der Waals surface area contributed by atoms with Crippen LogP contribution in [0.5, 0.6) is 0 Å². The van der Waals surface area contributed by atoms with Crippen LogP contribution in [-0.4, -0.2) is 0 Å². The lowest BCUT2D eigenvalue weighted by atomic mass is 10.1. The lowest BCUT2D eigenvalue weighted by Crippen LogP contribution is -1.84. The van der Waals surface area contributed by atoms with Gasteiger partial charge in [0.2, 0.25) is 0 Å². The number of alkyl halides is 1. The number of aryl methyl sites for hydroxylation is 1. The van der Waals surface area contributed by atoms with Crippen molar-refractivity contribution in [2.75, 3.05) is 0 Å². The third-order valence-electron chi connectivity index (χ3n) is 2.11. The van der Waals surface area contributed by atoms with Crippen LogP contribution in [0.25, 0.3) is 0 Å². The van der Waals surface area contributed by atoms with E-state index in [9.17, 15) is 4.39 Å². The van der Waals surface area contributed by atoms with Gasteiger partial charge in [-0.1, -0.05) is 22.0 Å². The number of benzene rings is 1. The minimum absolute atomic E-state index is 0.130. The van der Waals surface area contributed by atoms with E-state index in [1.54, 1.807) is 6.07 Å². The van der Waals surface area contributed by atoms with Crippen molar-refractivity contribution in [3.8, 4) is 0 Å². The molecule has 0 aromatic heterocycles. The predicted molar refractivity (Wildman–Crippen MR) is 46.4 cm³/mol. The van der Waals surface area contributed by atoms with Crippen LogP contribution in [0.1, 0.15) is 22.4 Å². The maximum absolute atomic E-state index is 12.7. The second-order valence-corrected chi connectivity index (χ2v) is 3.95. The Labute approximate surface area is 73.6 Å². The highest BCUT2D eigenvalue weighted by Gasteiger charge is 2.19. The van der Waals surface area contributed by atoms with Gasteiger partial charge in [-0.05, 0) is 36.1 Å². The lowest BCUT2D eigenvalue weighted by molar-refractivity contribution is 0.626. The van der Waals surface area contributed by atoms with Crippen molar-refractivity contribution in [3.63, 3.8) is 0 Å². The number of hydrogen-bond acceptors (Lipinski definition) is 0. The molecule has 0 N–H and O–H groups in total. The van der Waals surface area contributed by atoms with Crippen LogP contribution in [-0.2, 0) is 6.42 Å². The molecule has 1 aromatic rings. The maximum atomic E-state index is 12.7. The molecule has 0 fully saturated rings. The minimum Gasteiger partial charge on any atom is -0.207 e. The highest BCUT2D eigenvalue weighted by atomic mass is 79.9. The van der Waals surface area contributed by atoms with Crippen LogP contribution in [0.15, 0.2) is 18.2 Å². The molecule has 0 nitrogen and oxygen atoms in total. The molecule has 1 atom stereocenters. The third kappa shape index (κ3) is 1.20. The zero-order valence-corrected chi connectivity index (χ0v) is 7.57. The van der Waals surface area contributed by atoms with Crippen LogP contribution < -0.4 is 0 Å². The van der Waals surface area contributed by atoms with Gasteiger partial charge in [0.15, 0.2) is 0 Å². The summed E-state index contributed by atoms with van der Waals surface area (Å²) in [4.78, 5) is 0.369. The van der Waals surface area contributed by atoms with Crippen LogP contribution in [0, 0.1) is 5.82 Å². The van der Waals surface area contributed by atoms with Gasteiger partial charge < -0.3 is 0 Å². The highest BCUT2D eigenvalue weighted by molar-refractivity contribution is 9.09. The van der Waals surface area contributed by atoms with Gasteiger partial charge in [0.25, 0.3) is 0 Å². The molecule has 0 saturated carbocycles. The summed E-state index contributed by atoms with van der Waals surface area (Å²) in [6.45, 7) is 0. The summed E-state index contributed by atoms with van der Waals surface area (Å²) in [5.41, 5.74) is 2.42. The van der Waals surface area contributed by atoms with E-state index in [4.69, 9.17) is 0 Å². The normalized spacial score (nSPS) is 21.8. The standard InChI is InChI=1S/C9H8BrF/c10-9-4-2-6-1-3-7(11)5-8(6)9/h1,3,5,9H,2,4H2. The summed E-state index contributed by atoms with van der Waals surface area (Å²) in [7, 11) is 0. The Bertz CT molecular complexity index is 283. The van der Waals surface area contributed by atoms with Crippen molar-refractivity contribution in [3.05, 3.63) is 35.1 Å². The molecule has 0 spiro atoms. The monoisotopic (exact) mass is 214 g/mol. The molecule has 2 rings (SSSR count). The van der Waals surface area contributed by atoms with Gasteiger partial charge in [0.05, 0.1) is 0 Å². The van der Waals surface area contributed by atoms with Crippen LogP contribution in [0.2, 0.25) is 0 Å². The molecule has 0 bridgehead atoms. The second-order valence-electron chi connectivity index (χ2n) is 2.85. The second kappa shape index (κ2) is 2.59. The van der Waals surface area contributed by atoms with Gasteiger partial charge >= 0.3 is 0 Å². The SMILES string of the molecule is Fc1ccc2c(c1)C(Br)CC2. The quantitative estimate of drug-likeness (QED) is 0.583. The van der Waals surface area contributed by atoms with Gasteiger partial charge in [-0.3, -0.25) is 0 Å². The van der Waals surface area contributed by atoms with Gasteiger partial charge in [0.1, 0.15) is 5.82 Å². The highest BCUT2D eigenvalue weighted by Crippen LogP contribution is 2.37. The molecule has 58 valence electrons. The first-order valence-corrected chi connectivity index (χ1v) is 4.61. The fraction of sp³-hybridized carbons (Fsp3) is 0.333. The van der Waals surface area contributed by atoms with Gasteiger partial charge in [0, 0.05) is 4.83 Å². The van der Waals surface area contributed by atoms with E-state index < -0.39 is 0 Å². The fourth-order valence-electron chi connectivity index (χ4n) is 1.52. The fourth-order valence-corrected chi connectivity index (χ4v) is 2.18. The molecule has 0 saturated heterocycles. The van der Waals surface area contributed by atoms with Crippen molar-refractivity contribution in [1.82, 2.24) is 0 Å². The van der Waals surface area contributed by atoms with Gasteiger partial charge in [-0.25, -0.2) is 4.39 Å². The Balaban J connectivity index is 2.52. The van der Waals surface area contributed by atoms with E-state index in [1.165, 1.54) is 11.6 Å². The molecule has 0 heterocycles. The molecule has 1 aliphatic carbocycles. The predicted octanol–water partition coefficient (Wildman–Crippen LogP) is 3.21.